The minimum Gasteiger partial charge on any atom is -0.481 e. The first-order chi connectivity index (χ1) is 7.72. The van der Waals surface area contributed by atoms with Gasteiger partial charge in [0.2, 0.25) is 0 Å². The second kappa shape index (κ2) is 4.37. The Hall–Kier alpha value is -1.81. The zero-order chi connectivity index (χ0) is 11.5. The monoisotopic (exact) mass is 218 g/mol. The highest BCUT2D eigenvalue weighted by molar-refractivity contribution is 5.83. The molecule has 0 saturated heterocycles. The van der Waals surface area contributed by atoms with Crippen molar-refractivity contribution in [1.29, 1.82) is 0 Å². The summed E-state index contributed by atoms with van der Waals surface area (Å²) in [6.07, 6.45) is 2.33. The molecule has 0 bridgehead atoms. The summed E-state index contributed by atoms with van der Waals surface area (Å²) in [7, 11) is 0. The summed E-state index contributed by atoms with van der Waals surface area (Å²) in [4.78, 5) is 14.0. The first-order valence-electron chi connectivity index (χ1n) is 5.20. The van der Waals surface area contributed by atoms with Crippen LogP contribution in [0, 0.1) is 5.92 Å². The van der Waals surface area contributed by atoms with E-state index in [1.165, 1.54) is 0 Å². The first kappa shape index (κ1) is 10.7. The number of nitrogens with one attached hydrogen (secondary N) is 1. The lowest BCUT2D eigenvalue weighted by atomic mass is 9.99. The van der Waals surface area contributed by atoms with Crippen molar-refractivity contribution in [1.82, 2.24) is 4.98 Å². The Morgan fingerprint density at radius 3 is 2.88 bits per heavy atom. The van der Waals surface area contributed by atoms with Crippen LogP contribution in [0.2, 0.25) is 0 Å². The van der Waals surface area contributed by atoms with Crippen molar-refractivity contribution in [2.45, 2.75) is 6.42 Å². The third-order valence-corrected chi connectivity index (χ3v) is 2.77. The fourth-order valence-corrected chi connectivity index (χ4v) is 1.84. The van der Waals surface area contributed by atoms with Crippen LogP contribution in [0.15, 0.2) is 30.5 Å². The van der Waals surface area contributed by atoms with Crippen molar-refractivity contribution in [3.05, 3.63) is 36.0 Å². The van der Waals surface area contributed by atoms with Crippen LogP contribution in [-0.2, 0) is 11.2 Å². The third-order valence-electron chi connectivity index (χ3n) is 2.77. The van der Waals surface area contributed by atoms with Crippen LogP contribution in [0.3, 0.4) is 0 Å². The molecule has 0 aliphatic carbocycles. The molecule has 2 rings (SSSR count). The van der Waals surface area contributed by atoms with Gasteiger partial charge >= 0.3 is 5.97 Å². The van der Waals surface area contributed by atoms with Crippen molar-refractivity contribution >= 4 is 16.9 Å². The standard InChI is InChI=1S/C12H14N2O2/c13-6-8(12(15)16)5-9-7-14-11-4-2-1-3-10(9)11/h1-4,7-8,14H,5-6,13H2,(H,15,16)/t8-/m0/s1. The van der Waals surface area contributed by atoms with Gasteiger partial charge in [0.25, 0.3) is 0 Å². The number of H-pyrrole nitrogens is 1. The number of para-hydroxylation sites is 1. The molecule has 0 amide bonds. The molecule has 0 aliphatic rings. The zero-order valence-corrected chi connectivity index (χ0v) is 8.81. The molecule has 2 aromatic rings. The Balaban J connectivity index is 2.30. The second-order valence-corrected chi connectivity index (χ2v) is 3.83. The molecule has 0 radical (unpaired) electrons. The molecule has 84 valence electrons. The van der Waals surface area contributed by atoms with E-state index < -0.39 is 11.9 Å². The van der Waals surface area contributed by atoms with E-state index in [9.17, 15) is 4.79 Å². The molecule has 0 fully saturated rings. The Bertz CT molecular complexity index is 504. The second-order valence-electron chi connectivity index (χ2n) is 3.83. The third kappa shape index (κ3) is 1.92. The lowest BCUT2D eigenvalue weighted by Crippen LogP contribution is -2.25. The highest BCUT2D eigenvalue weighted by Gasteiger charge is 2.17. The summed E-state index contributed by atoms with van der Waals surface area (Å²) in [6, 6.07) is 7.84. The molecule has 0 saturated carbocycles. The normalized spacial score (nSPS) is 12.8. The fourth-order valence-electron chi connectivity index (χ4n) is 1.84. The SMILES string of the molecule is NC[C@H](Cc1c[nH]c2ccccc12)C(=O)O. The molecule has 1 atom stereocenters. The number of aromatic nitrogens is 1. The van der Waals surface area contributed by atoms with E-state index in [-0.39, 0.29) is 6.54 Å². The predicted octanol–water partition coefficient (Wildman–Crippen LogP) is 1.37. The number of carbonyl (C=O) groups is 1. The van der Waals surface area contributed by atoms with Crippen LogP contribution in [-0.4, -0.2) is 22.6 Å². The minimum atomic E-state index is -0.840. The highest BCUT2D eigenvalue weighted by atomic mass is 16.4. The topological polar surface area (TPSA) is 79.1 Å². The van der Waals surface area contributed by atoms with Crippen LogP contribution in [0.4, 0.5) is 0 Å². The maximum absolute atomic E-state index is 10.9. The van der Waals surface area contributed by atoms with Crippen molar-refractivity contribution in [3.63, 3.8) is 0 Å². The minimum absolute atomic E-state index is 0.162. The summed E-state index contributed by atoms with van der Waals surface area (Å²) in [5.41, 5.74) is 7.48. The number of rotatable bonds is 4. The maximum Gasteiger partial charge on any atom is 0.308 e. The summed E-state index contributed by atoms with van der Waals surface area (Å²) >= 11 is 0. The number of benzene rings is 1. The Labute approximate surface area is 93.1 Å². The average Bonchev–Trinajstić information content (AvgIpc) is 2.69. The number of aromatic amines is 1. The molecule has 4 heteroatoms. The summed E-state index contributed by atoms with van der Waals surface area (Å²) < 4.78 is 0. The smallest absolute Gasteiger partial charge is 0.308 e. The predicted molar refractivity (Wildman–Crippen MR) is 62.2 cm³/mol. The van der Waals surface area contributed by atoms with E-state index >= 15 is 0 Å². The van der Waals surface area contributed by atoms with Gasteiger partial charge in [0, 0.05) is 23.6 Å². The molecular formula is C12H14N2O2. The molecule has 1 aromatic heterocycles. The molecular weight excluding hydrogens is 204 g/mol. The van der Waals surface area contributed by atoms with E-state index in [1.807, 2.05) is 30.5 Å². The van der Waals surface area contributed by atoms with Gasteiger partial charge in [-0.05, 0) is 18.1 Å². The van der Waals surface area contributed by atoms with E-state index in [0.29, 0.717) is 6.42 Å². The summed E-state index contributed by atoms with van der Waals surface area (Å²) in [6.45, 7) is 0.162. The van der Waals surface area contributed by atoms with Gasteiger partial charge in [-0.25, -0.2) is 0 Å². The quantitative estimate of drug-likeness (QED) is 0.725. The maximum atomic E-state index is 10.9. The molecule has 0 aliphatic heterocycles. The average molecular weight is 218 g/mol. The lowest BCUT2D eigenvalue weighted by Gasteiger charge is -2.08. The molecule has 4 N–H and O–H groups in total. The van der Waals surface area contributed by atoms with E-state index in [4.69, 9.17) is 10.8 Å². The van der Waals surface area contributed by atoms with Gasteiger partial charge in [-0.2, -0.15) is 0 Å². The van der Waals surface area contributed by atoms with Crippen molar-refractivity contribution in [3.8, 4) is 0 Å². The number of nitrogens with two attached hydrogens (primary N) is 1. The van der Waals surface area contributed by atoms with Gasteiger partial charge in [-0.1, -0.05) is 18.2 Å². The highest BCUT2D eigenvalue weighted by Crippen LogP contribution is 2.20. The molecule has 4 nitrogen and oxygen atoms in total. The van der Waals surface area contributed by atoms with E-state index in [0.717, 1.165) is 16.5 Å². The van der Waals surface area contributed by atoms with Crippen LogP contribution >= 0.6 is 0 Å². The van der Waals surface area contributed by atoms with Crippen LogP contribution in [0.5, 0.6) is 0 Å². The number of hydrogen-bond acceptors (Lipinski definition) is 2. The van der Waals surface area contributed by atoms with Crippen LogP contribution in [0.1, 0.15) is 5.56 Å². The number of carboxylic acid groups (broad SMARTS) is 1. The van der Waals surface area contributed by atoms with E-state index in [1.54, 1.807) is 0 Å². The van der Waals surface area contributed by atoms with Crippen LogP contribution in [0.25, 0.3) is 10.9 Å². The lowest BCUT2D eigenvalue weighted by molar-refractivity contribution is -0.141. The van der Waals surface area contributed by atoms with Gasteiger partial charge in [0.15, 0.2) is 0 Å². The van der Waals surface area contributed by atoms with Gasteiger partial charge in [0.05, 0.1) is 5.92 Å². The molecule has 16 heavy (non-hydrogen) atoms. The van der Waals surface area contributed by atoms with E-state index in [2.05, 4.69) is 4.98 Å². The molecule has 1 heterocycles. The van der Waals surface area contributed by atoms with Crippen molar-refractivity contribution in [2.24, 2.45) is 11.7 Å². The molecule has 0 spiro atoms. The molecule has 0 unspecified atom stereocenters. The van der Waals surface area contributed by atoms with Gasteiger partial charge in [-0.15, -0.1) is 0 Å². The van der Waals surface area contributed by atoms with Gasteiger partial charge in [0.1, 0.15) is 0 Å². The van der Waals surface area contributed by atoms with Crippen molar-refractivity contribution in [2.75, 3.05) is 6.54 Å². The first-order valence-corrected chi connectivity index (χ1v) is 5.20. The van der Waals surface area contributed by atoms with Gasteiger partial charge < -0.3 is 15.8 Å². The summed E-state index contributed by atoms with van der Waals surface area (Å²) in [5.74, 6) is -1.35. The largest absolute Gasteiger partial charge is 0.481 e. The zero-order valence-electron chi connectivity index (χ0n) is 8.81. The number of hydrogen-bond donors (Lipinski definition) is 3. The van der Waals surface area contributed by atoms with Crippen molar-refractivity contribution < 1.29 is 9.90 Å². The Morgan fingerprint density at radius 2 is 2.19 bits per heavy atom. The number of fused-ring (bicyclic) bond motifs is 1. The van der Waals surface area contributed by atoms with Crippen LogP contribution < -0.4 is 5.73 Å². The summed E-state index contributed by atoms with van der Waals surface area (Å²) in [5, 5.41) is 10.0. The molecule has 1 aromatic carbocycles. The number of carboxylic acids is 1. The fraction of sp³-hybridized carbons (Fsp3) is 0.250. The Morgan fingerprint density at radius 1 is 1.44 bits per heavy atom. The Kier molecular flexibility index (Phi) is 2.92. The number of aliphatic carboxylic acids is 1. The van der Waals surface area contributed by atoms with Gasteiger partial charge in [-0.3, -0.25) is 4.79 Å².